The molecule has 0 bridgehead atoms. The van der Waals surface area contributed by atoms with E-state index in [9.17, 15) is 10.6 Å². The molecule has 0 fully saturated rings. The van der Waals surface area contributed by atoms with Gasteiger partial charge in [-0.3, -0.25) is 9.55 Å². The van der Waals surface area contributed by atoms with Crippen LogP contribution in [0.15, 0.2) is 121 Å². The van der Waals surface area contributed by atoms with Gasteiger partial charge in [0.1, 0.15) is 11.6 Å². The first kappa shape index (κ1) is 17.5. The molecule has 0 saturated heterocycles. The average Bonchev–Trinajstić information content (AvgIpc) is 1.09. The van der Waals surface area contributed by atoms with Crippen LogP contribution in [-0.2, 0) is 21.1 Å². The summed E-state index contributed by atoms with van der Waals surface area (Å²) in [7, 11) is 0. The van der Waals surface area contributed by atoms with Gasteiger partial charge < -0.3 is 9.67 Å². The topological polar surface area (TPSA) is 55.9 Å². The SMILES string of the molecule is [2H]C([2H])([2H])C([2H])(c1cccc(C([2H])(C([2H])([2H])[2H])C([2H])([2H])[2H])c1-n1c(-c2[c-]c(-c3cccc4c3nc(-c3ccccc3O)n4-c3c(C([2H])(C([2H])([2H])[2H])C([2H])([2H])[2H])cccc3C([2H])(C([2H])([2H])[2H])C([2H])([2H])[2H])ccc2)nc2ccccc21)C([2H])([2H])[2H].[Pt]. The van der Waals surface area contributed by atoms with E-state index >= 15 is 0 Å². The van der Waals surface area contributed by atoms with Gasteiger partial charge in [-0.25, -0.2) is 4.98 Å². The zero-order chi connectivity index (χ0) is 62.2. The van der Waals surface area contributed by atoms with E-state index in [-0.39, 0.29) is 71.2 Å². The largest absolute Gasteiger partial charge is 0.507 e. The minimum Gasteiger partial charge on any atom is -0.507 e. The number of phenols is 1. The quantitative estimate of drug-likeness (QED) is 0.147. The van der Waals surface area contributed by atoms with Crippen molar-refractivity contribution in [2.45, 2.75) is 78.4 Å². The summed E-state index contributed by atoms with van der Waals surface area (Å²) in [5.74, 6) is -16.0. The Morgan fingerprint density at radius 2 is 1.00 bits per heavy atom. The Hall–Kier alpha value is -5.25. The number of phenolic OH excluding ortho intramolecular Hbond substituents is 1. The van der Waals surface area contributed by atoms with Crippen molar-refractivity contribution in [2.24, 2.45) is 0 Å². The predicted octanol–water partition coefficient (Wildman–Crippen LogP) is 13.4. The minimum atomic E-state index is -3.80. The molecule has 0 unspecified atom stereocenters. The second kappa shape index (κ2) is 15.7. The Kier molecular flexibility index (Phi) is 4.91. The molecule has 2 heterocycles. The van der Waals surface area contributed by atoms with Crippen LogP contribution in [0.25, 0.3) is 67.3 Å². The van der Waals surface area contributed by atoms with Gasteiger partial charge in [-0.1, -0.05) is 139 Å². The van der Waals surface area contributed by atoms with E-state index in [1.54, 1.807) is 0 Å². The van der Waals surface area contributed by atoms with Crippen molar-refractivity contribution >= 4 is 22.1 Å². The Labute approximate surface area is 384 Å². The molecule has 0 radical (unpaired) electrons. The van der Waals surface area contributed by atoms with Crippen molar-refractivity contribution in [1.82, 2.24) is 19.1 Å². The maximum absolute atomic E-state index is 11.5. The first-order valence-corrected chi connectivity index (χ1v) is 16.8. The number of hydrogen-bond donors (Lipinski definition) is 1. The number of fused-ring (bicyclic) bond motifs is 2. The number of rotatable bonds is 9. The maximum Gasteiger partial charge on any atom is 0.148 e. The minimum absolute atomic E-state index is 0. The normalized spacial score (nSPS) is 21.7. The standard InChI is InChI=1S/C50H49N4O.Pt/c1-30(2)36-20-14-21-37(31(3)4)47(36)53-43-26-11-10-25-42(43)51-49(53)35-18-13-17-34(29-35)40-24-16-27-44-46(40)52-50(41-19-9-12-28-45(41)55)54(44)48-38(32(5)6)22-15-23-39(48)33(7)8;/h9-28,30-33,55H,1-8H3;/q-1;/i1D3,2D3,3D3,4D3,5D3,6D3,7D3,8D3,30D,31D,32D,33D;. The first-order valence-electron chi connectivity index (χ1n) is 30.8. The smallest absolute Gasteiger partial charge is 0.148 e. The second-order valence-corrected chi connectivity index (χ2v) is 12.6. The van der Waals surface area contributed by atoms with E-state index in [0.717, 1.165) is 45.5 Å². The van der Waals surface area contributed by atoms with E-state index in [2.05, 4.69) is 6.07 Å². The molecule has 2 aromatic heterocycles. The third-order valence-corrected chi connectivity index (χ3v) is 9.31. The van der Waals surface area contributed by atoms with Gasteiger partial charge in [0.15, 0.2) is 0 Å². The van der Waals surface area contributed by atoms with E-state index in [4.69, 9.17) is 42.9 Å². The van der Waals surface area contributed by atoms with Crippen LogP contribution in [0.2, 0.25) is 0 Å². The fraction of sp³-hybridized carbons (Fsp3) is 0.240. The molecule has 0 aliphatic carbocycles. The van der Waals surface area contributed by atoms with Gasteiger partial charge in [0.2, 0.25) is 0 Å². The monoisotopic (exact) mass is 945 g/mol. The molecular weight excluding hydrogens is 868 g/mol. The molecule has 0 aliphatic heterocycles. The molecule has 56 heavy (non-hydrogen) atoms. The fourth-order valence-corrected chi connectivity index (χ4v) is 6.95. The summed E-state index contributed by atoms with van der Waals surface area (Å²) in [4.78, 5) is 9.67. The van der Waals surface area contributed by atoms with Gasteiger partial charge in [0, 0.05) is 65.1 Å². The van der Waals surface area contributed by atoms with E-state index in [1.807, 2.05) is 0 Å². The number of nitrogens with zero attached hydrogens (tertiary/aromatic N) is 4. The molecule has 0 atom stereocenters. The third kappa shape index (κ3) is 6.70. The third-order valence-electron chi connectivity index (χ3n) is 9.31. The molecule has 6 aromatic carbocycles. The Bertz CT molecular complexity index is 3630. The first-order chi connectivity index (χ1) is 37.7. The number of aromatic hydroxyl groups is 1. The van der Waals surface area contributed by atoms with Crippen molar-refractivity contribution in [3.63, 3.8) is 0 Å². The van der Waals surface area contributed by atoms with Gasteiger partial charge in [-0.05, 0) is 76.2 Å². The summed E-state index contributed by atoms with van der Waals surface area (Å²) in [5, 5.41) is 11.5. The average molecular weight is 945 g/mol. The molecule has 8 rings (SSSR count). The second-order valence-electron chi connectivity index (χ2n) is 12.6. The van der Waals surface area contributed by atoms with Gasteiger partial charge in [0.05, 0.1) is 39.1 Å². The summed E-state index contributed by atoms with van der Waals surface area (Å²) in [6.07, 6.45) is 0. The fourth-order valence-electron chi connectivity index (χ4n) is 6.95. The summed E-state index contributed by atoms with van der Waals surface area (Å²) in [6.45, 7) is -30.3. The molecule has 5 nitrogen and oxygen atoms in total. The van der Waals surface area contributed by atoms with Crippen LogP contribution in [0.5, 0.6) is 5.75 Å². The molecule has 8 aromatic rings. The zero-order valence-electron chi connectivity index (χ0n) is 57.1. The number of benzene rings is 6. The van der Waals surface area contributed by atoms with Crippen molar-refractivity contribution in [3.05, 3.63) is 150 Å². The van der Waals surface area contributed by atoms with Crippen molar-refractivity contribution in [3.8, 4) is 51.0 Å². The Balaban J connectivity index is 0.0000101. The Morgan fingerprint density at radius 3 is 1.61 bits per heavy atom. The van der Waals surface area contributed by atoms with E-state index in [1.165, 1.54) is 84.9 Å². The van der Waals surface area contributed by atoms with Crippen LogP contribution in [0, 0.1) is 6.07 Å². The van der Waals surface area contributed by atoms with Crippen LogP contribution in [-0.4, -0.2) is 24.2 Å². The number of para-hydroxylation sites is 6. The molecule has 0 spiro atoms. The number of hydrogen-bond acceptors (Lipinski definition) is 3. The van der Waals surface area contributed by atoms with Crippen LogP contribution < -0.4 is 0 Å². The predicted molar refractivity (Wildman–Crippen MR) is 229 cm³/mol. The van der Waals surface area contributed by atoms with Crippen LogP contribution in [0.4, 0.5) is 0 Å². The van der Waals surface area contributed by atoms with Crippen molar-refractivity contribution in [2.75, 3.05) is 0 Å². The maximum atomic E-state index is 11.5. The van der Waals surface area contributed by atoms with Gasteiger partial charge >= 0.3 is 0 Å². The summed E-state index contributed by atoms with van der Waals surface area (Å²) in [6, 6.07) is 28.4. The molecule has 6 heteroatoms. The molecule has 286 valence electrons. The molecular formula is C50H49N4OPt-. The Morgan fingerprint density at radius 1 is 0.518 bits per heavy atom. The summed E-state index contributed by atoms with van der Waals surface area (Å²) < 4.78 is 245. The van der Waals surface area contributed by atoms with Gasteiger partial charge in [-0.15, -0.1) is 29.8 Å². The van der Waals surface area contributed by atoms with Crippen molar-refractivity contribution in [1.29, 1.82) is 0 Å². The van der Waals surface area contributed by atoms with E-state index in [0.29, 0.717) is 0 Å². The summed E-state index contributed by atoms with van der Waals surface area (Å²) >= 11 is 0. The van der Waals surface area contributed by atoms with Crippen LogP contribution in [0.1, 0.15) is 139 Å². The molecule has 0 saturated carbocycles. The van der Waals surface area contributed by atoms with Crippen molar-refractivity contribution < 1.29 is 64.6 Å². The van der Waals surface area contributed by atoms with Crippen LogP contribution >= 0.6 is 0 Å². The summed E-state index contributed by atoms with van der Waals surface area (Å²) in [5.41, 5.74) is -6.06. The molecule has 0 amide bonds. The molecule has 0 aliphatic rings. The number of imidazole rings is 2. The van der Waals surface area contributed by atoms with Gasteiger partial charge in [0.25, 0.3) is 0 Å². The molecule has 1 N–H and O–H groups in total. The number of aromatic nitrogens is 4. The zero-order valence-corrected chi connectivity index (χ0v) is 31.4. The van der Waals surface area contributed by atoms with Gasteiger partial charge in [-0.2, -0.15) is 0 Å². The van der Waals surface area contributed by atoms with E-state index < -0.39 is 124 Å². The van der Waals surface area contributed by atoms with Crippen LogP contribution in [0.3, 0.4) is 0 Å².